The van der Waals surface area contributed by atoms with Gasteiger partial charge in [0.25, 0.3) is 0 Å². The number of alkyl halides is 1. The highest BCUT2D eigenvalue weighted by molar-refractivity contribution is 6.18. The molecule has 3 rings (SSSR count). The molecule has 2 amide bonds. The molecule has 16 heteroatoms. The number of amides is 2. The van der Waals surface area contributed by atoms with Crippen LogP contribution in [0.25, 0.3) is 0 Å². The van der Waals surface area contributed by atoms with Gasteiger partial charge in [-0.1, -0.05) is 29.8 Å². The zero-order chi connectivity index (χ0) is 30.3. The minimum atomic E-state index is -1.71. The molecule has 0 aliphatic carbocycles. The smallest absolute Gasteiger partial charge is 0.345 e. The van der Waals surface area contributed by atoms with Crippen molar-refractivity contribution in [1.82, 2.24) is 9.91 Å². The van der Waals surface area contributed by atoms with E-state index in [9.17, 15) is 45.4 Å². The standard InChI is InChI=1S/C25H38ClN3O12/c1-13-2-4-14(5-3-13)8-28(25(37)29(27-38)7-6-26)24-23(36)19(32)15(16(9-30)41-24)11-39-12-18-21(34)22(35)20(33)17(10-31)40-18/h2-5,15-24,30-36H,6-12H2,1H3. The Balaban J connectivity index is 1.75. The average Bonchev–Trinajstić information content (AvgIpc) is 2.97. The Labute approximate surface area is 241 Å². The number of halogens is 1. The summed E-state index contributed by atoms with van der Waals surface area (Å²) in [4.78, 5) is 25.7. The van der Waals surface area contributed by atoms with E-state index >= 15 is 0 Å². The summed E-state index contributed by atoms with van der Waals surface area (Å²) in [5, 5.41) is 74.9. The molecular weight excluding hydrogens is 570 g/mol. The number of carbonyl (C=O) groups is 1. The number of aliphatic hydroxyl groups is 7. The zero-order valence-corrected chi connectivity index (χ0v) is 23.2. The first-order chi connectivity index (χ1) is 19.6. The lowest BCUT2D eigenvalue weighted by Gasteiger charge is -2.46. The van der Waals surface area contributed by atoms with Gasteiger partial charge in [0.15, 0.2) is 6.23 Å². The van der Waals surface area contributed by atoms with E-state index in [1.807, 2.05) is 6.92 Å². The number of carbonyl (C=O) groups excluding carboxylic acids is 1. The minimum Gasteiger partial charge on any atom is -0.394 e. The summed E-state index contributed by atoms with van der Waals surface area (Å²) in [6, 6.07) is 6.14. The van der Waals surface area contributed by atoms with Gasteiger partial charge in [-0.15, -0.1) is 16.5 Å². The maximum atomic E-state index is 13.3. The van der Waals surface area contributed by atoms with E-state index in [0.717, 1.165) is 10.5 Å². The maximum absolute atomic E-state index is 13.3. The second-order valence-electron chi connectivity index (χ2n) is 10.1. The summed E-state index contributed by atoms with van der Waals surface area (Å²) in [6.45, 7) is -0.393. The van der Waals surface area contributed by atoms with E-state index in [4.69, 9.17) is 25.8 Å². The fourth-order valence-electron chi connectivity index (χ4n) is 4.84. The van der Waals surface area contributed by atoms with E-state index < -0.39 is 80.2 Å². The van der Waals surface area contributed by atoms with Gasteiger partial charge in [-0.2, -0.15) is 5.01 Å². The first-order valence-corrected chi connectivity index (χ1v) is 13.6. The number of ether oxygens (including phenoxy) is 3. The molecule has 0 spiro atoms. The summed E-state index contributed by atoms with van der Waals surface area (Å²) >= 11 is 5.71. The van der Waals surface area contributed by atoms with E-state index in [1.54, 1.807) is 24.3 Å². The third-order valence-electron chi connectivity index (χ3n) is 7.28. The lowest BCUT2D eigenvalue weighted by Crippen LogP contribution is -2.63. The molecule has 232 valence electrons. The van der Waals surface area contributed by atoms with Gasteiger partial charge < -0.3 is 50.0 Å². The molecule has 2 aliphatic rings. The molecular formula is C25H38ClN3O12. The van der Waals surface area contributed by atoms with Gasteiger partial charge >= 0.3 is 6.03 Å². The fraction of sp³-hybridized carbons (Fsp3) is 0.720. The van der Waals surface area contributed by atoms with Crippen LogP contribution in [0.15, 0.2) is 29.6 Å². The SMILES string of the molecule is Cc1ccc(CN(C(=O)N(CCCl)N=O)C2OC(CO)C(COCC3OC(CO)C(O)C(O)C3O)C(O)C2O)cc1. The third-order valence-corrected chi connectivity index (χ3v) is 7.45. The minimum absolute atomic E-state index is 0.0975. The number of hydrogen-bond acceptors (Lipinski definition) is 13. The van der Waals surface area contributed by atoms with Crippen LogP contribution in [0.4, 0.5) is 4.79 Å². The van der Waals surface area contributed by atoms with Crippen LogP contribution in [0, 0.1) is 17.7 Å². The molecule has 15 nitrogen and oxygen atoms in total. The summed E-state index contributed by atoms with van der Waals surface area (Å²) in [7, 11) is 0. The van der Waals surface area contributed by atoms with Gasteiger partial charge in [0.1, 0.15) is 36.6 Å². The normalized spacial score (nSPS) is 33.8. The molecule has 0 aromatic heterocycles. The van der Waals surface area contributed by atoms with Crippen LogP contribution in [0.3, 0.4) is 0 Å². The van der Waals surface area contributed by atoms with Gasteiger partial charge in [0, 0.05) is 11.8 Å². The van der Waals surface area contributed by atoms with Crippen molar-refractivity contribution in [1.29, 1.82) is 0 Å². The lowest BCUT2D eigenvalue weighted by molar-refractivity contribution is -0.259. The van der Waals surface area contributed by atoms with Crippen molar-refractivity contribution in [3.63, 3.8) is 0 Å². The number of nitrogens with zero attached hydrogens (tertiary/aromatic N) is 3. The Morgan fingerprint density at radius 3 is 2.12 bits per heavy atom. The number of aliphatic hydroxyl groups excluding tert-OH is 7. The van der Waals surface area contributed by atoms with Crippen LogP contribution in [-0.2, 0) is 20.8 Å². The van der Waals surface area contributed by atoms with Crippen molar-refractivity contribution in [3.8, 4) is 0 Å². The van der Waals surface area contributed by atoms with Crippen molar-refractivity contribution in [2.45, 2.75) is 68.5 Å². The second-order valence-corrected chi connectivity index (χ2v) is 10.5. The second kappa shape index (κ2) is 15.5. The highest BCUT2D eigenvalue weighted by atomic mass is 35.5. The van der Waals surface area contributed by atoms with Crippen molar-refractivity contribution in [2.24, 2.45) is 11.2 Å². The largest absolute Gasteiger partial charge is 0.394 e. The summed E-state index contributed by atoms with van der Waals surface area (Å²) < 4.78 is 16.8. The number of urea groups is 1. The molecule has 1 aromatic rings. The molecule has 2 heterocycles. The number of aryl methyl sites for hydroxylation is 1. The zero-order valence-electron chi connectivity index (χ0n) is 22.4. The molecule has 0 radical (unpaired) electrons. The van der Waals surface area contributed by atoms with Crippen molar-refractivity contribution >= 4 is 17.6 Å². The van der Waals surface area contributed by atoms with E-state index in [2.05, 4.69) is 5.29 Å². The van der Waals surface area contributed by atoms with E-state index in [0.29, 0.717) is 10.6 Å². The highest BCUT2D eigenvalue weighted by Gasteiger charge is 2.49. The number of rotatable bonds is 12. The summed E-state index contributed by atoms with van der Waals surface area (Å²) in [6.07, 6.45) is -12.9. The highest BCUT2D eigenvalue weighted by Crippen LogP contribution is 2.31. The molecule has 2 aliphatic heterocycles. The Bertz CT molecular complexity index is 974. The van der Waals surface area contributed by atoms with Gasteiger partial charge in [0.05, 0.1) is 57.0 Å². The summed E-state index contributed by atoms with van der Waals surface area (Å²) in [5.41, 5.74) is 1.58. The number of hydrogen-bond donors (Lipinski definition) is 7. The Morgan fingerprint density at radius 1 is 0.902 bits per heavy atom. The lowest BCUT2D eigenvalue weighted by atomic mass is 9.88. The van der Waals surface area contributed by atoms with Crippen LogP contribution in [0.5, 0.6) is 0 Å². The van der Waals surface area contributed by atoms with Crippen LogP contribution in [-0.4, -0.2) is 146 Å². The van der Waals surface area contributed by atoms with Crippen LogP contribution >= 0.6 is 11.6 Å². The quantitative estimate of drug-likeness (QED) is 0.0783. The average molecular weight is 608 g/mol. The predicted molar refractivity (Wildman–Crippen MR) is 141 cm³/mol. The van der Waals surface area contributed by atoms with Crippen molar-refractivity contribution < 1.29 is 54.8 Å². The molecule has 2 saturated heterocycles. The first kappa shape index (κ1) is 33.5. The van der Waals surface area contributed by atoms with Gasteiger partial charge in [-0.3, -0.25) is 4.90 Å². The van der Waals surface area contributed by atoms with Gasteiger partial charge in [-0.25, -0.2) is 4.79 Å². The van der Waals surface area contributed by atoms with Crippen molar-refractivity contribution in [3.05, 3.63) is 40.3 Å². The summed E-state index contributed by atoms with van der Waals surface area (Å²) in [5.74, 6) is -1.12. The fourth-order valence-corrected chi connectivity index (χ4v) is 5.00. The Morgan fingerprint density at radius 2 is 1.54 bits per heavy atom. The Hall–Kier alpha value is -2.02. The molecule has 7 N–H and O–H groups in total. The molecule has 10 atom stereocenters. The monoisotopic (exact) mass is 607 g/mol. The molecule has 0 bridgehead atoms. The molecule has 2 fully saturated rings. The van der Waals surface area contributed by atoms with Gasteiger partial charge in [-0.05, 0) is 12.5 Å². The Kier molecular flexibility index (Phi) is 12.6. The predicted octanol–water partition coefficient (Wildman–Crippen LogP) is -1.95. The van der Waals surface area contributed by atoms with Gasteiger partial charge in [0.2, 0.25) is 0 Å². The molecule has 41 heavy (non-hydrogen) atoms. The van der Waals surface area contributed by atoms with Crippen molar-refractivity contribution in [2.75, 3.05) is 38.9 Å². The maximum Gasteiger partial charge on any atom is 0.345 e. The molecule has 10 unspecified atom stereocenters. The van der Waals surface area contributed by atoms with Crippen LogP contribution in [0.2, 0.25) is 0 Å². The first-order valence-electron chi connectivity index (χ1n) is 13.1. The van der Waals surface area contributed by atoms with E-state index in [1.165, 1.54) is 0 Å². The van der Waals surface area contributed by atoms with E-state index in [-0.39, 0.29) is 32.2 Å². The number of nitroso groups, excluding NO2 is 1. The topological polar surface area (TPSA) is 222 Å². The number of benzene rings is 1. The van der Waals surface area contributed by atoms with Crippen LogP contribution in [0.1, 0.15) is 11.1 Å². The van der Waals surface area contributed by atoms with Crippen LogP contribution < -0.4 is 0 Å². The molecule has 1 aromatic carbocycles. The third kappa shape index (κ3) is 7.88. The molecule has 0 saturated carbocycles.